The van der Waals surface area contributed by atoms with Crippen molar-refractivity contribution >= 4 is 34.8 Å². The van der Waals surface area contributed by atoms with E-state index in [0.29, 0.717) is 45.9 Å². The molecule has 0 saturated heterocycles. The van der Waals surface area contributed by atoms with Crippen LogP contribution in [0.5, 0.6) is 0 Å². The molecule has 6 aromatic heterocycles. The number of rotatable bonds is 13. The van der Waals surface area contributed by atoms with Gasteiger partial charge in [0.15, 0.2) is 0 Å². The Balaban J connectivity index is 0.000000261. The number of hydrogen-bond donors (Lipinski definition) is 4. The molecular formula is C46H48F5N11O9. The van der Waals surface area contributed by atoms with E-state index in [2.05, 4.69) is 20.0 Å². The average molecular weight is 994 g/mol. The number of ether oxygens (including phenoxy) is 1. The van der Waals surface area contributed by atoms with Crippen molar-refractivity contribution in [1.29, 1.82) is 0 Å². The molecule has 376 valence electrons. The van der Waals surface area contributed by atoms with E-state index in [4.69, 9.17) is 5.73 Å². The number of halogens is 5. The fourth-order valence-electron chi connectivity index (χ4n) is 7.96. The number of nitrogens with one attached hydrogen (secondary N) is 2. The Hall–Kier alpha value is -8.22. The number of hydrogen-bond acceptors (Lipinski definition) is 12. The molecule has 6 heterocycles. The summed E-state index contributed by atoms with van der Waals surface area (Å²) >= 11 is 0. The van der Waals surface area contributed by atoms with Crippen molar-refractivity contribution < 1.29 is 46.2 Å². The van der Waals surface area contributed by atoms with Crippen LogP contribution in [0.2, 0.25) is 0 Å². The van der Waals surface area contributed by atoms with E-state index in [1.807, 2.05) is 5.32 Å². The Morgan fingerprint density at radius 2 is 1.21 bits per heavy atom. The van der Waals surface area contributed by atoms with Gasteiger partial charge in [-0.3, -0.25) is 28.3 Å². The van der Waals surface area contributed by atoms with Gasteiger partial charge < -0.3 is 44.1 Å². The van der Waals surface area contributed by atoms with Gasteiger partial charge in [-0.2, -0.15) is 13.2 Å². The lowest BCUT2D eigenvalue weighted by molar-refractivity contribution is -0.143. The number of carbonyl (C=O) groups is 3. The Morgan fingerprint density at radius 1 is 0.761 bits per heavy atom. The number of fused-ring (bicyclic) bond motifs is 2. The Bertz CT molecular complexity index is 3470. The molecule has 0 radical (unpaired) electrons. The topological polar surface area (TPSA) is 253 Å². The van der Waals surface area contributed by atoms with E-state index in [1.54, 1.807) is 49.8 Å². The molecule has 7 aromatic rings. The number of carboxylic acids is 1. The minimum atomic E-state index is -4.70. The highest BCUT2D eigenvalue weighted by molar-refractivity contribution is 5.97. The average Bonchev–Trinajstić information content (AvgIpc) is 4.03. The molecule has 0 bridgehead atoms. The Labute approximate surface area is 398 Å². The number of carboxylic acid groups (broad SMARTS) is 1. The SMILES string of the molecule is CC[C@@H](Nc1cc(F)c(C(=O)N[C@@H](Cc2ccc(-c3c(C)n(C)c(=O)n(C)c3=O)c3nccn23)C(=O)O)c(F)c1)C(F)(F)F.COC(=O)[C@@H](N)Cc1ccc(-c2c(C)n(C)c(=O)n(C)c2=O)c2nccn12. The van der Waals surface area contributed by atoms with E-state index < -0.39 is 89.1 Å². The first-order chi connectivity index (χ1) is 33.3. The number of aromatic nitrogens is 8. The summed E-state index contributed by atoms with van der Waals surface area (Å²) in [5.41, 5.74) is 6.52. The third kappa shape index (κ3) is 10.1. The zero-order chi connectivity index (χ0) is 52.5. The number of benzene rings is 1. The fourth-order valence-corrected chi connectivity index (χ4v) is 7.96. The molecule has 25 heteroatoms. The van der Waals surface area contributed by atoms with Gasteiger partial charge in [0, 0.05) is 105 Å². The number of anilines is 1. The number of imidazole rings is 2. The van der Waals surface area contributed by atoms with E-state index in [1.165, 1.54) is 73.2 Å². The van der Waals surface area contributed by atoms with Crippen molar-refractivity contribution in [3.8, 4) is 22.3 Å². The van der Waals surface area contributed by atoms with Gasteiger partial charge in [0.25, 0.3) is 17.0 Å². The monoisotopic (exact) mass is 993 g/mol. The molecular weight excluding hydrogens is 946 g/mol. The highest BCUT2D eigenvalue weighted by Crippen LogP contribution is 2.29. The number of esters is 1. The van der Waals surface area contributed by atoms with Gasteiger partial charge in [0.05, 0.1) is 18.2 Å². The number of amides is 1. The fraction of sp³-hybridized carbons (Fsp3) is 0.326. The van der Waals surface area contributed by atoms with E-state index in [9.17, 15) is 60.6 Å². The number of nitrogens with zero attached hydrogens (tertiary/aromatic N) is 8. The first kappa shape index (κ1) is 52.2. The second-order valence-electron chi connectivity index (χ2n) is 16.4. The quantitative estimate of drug-likeness (QED) is 0.0960. The lowest BCUT2D eigenvalue weighted by atomic mass is 10.0. The third-order valence-corrected chi connectivity index (χ3v) is 12.1. The maximum atomic E-state index is 14.8. The summed E-state index contributed by atoms with van der Waals surface area (Å²) in [7, 11) is 7.17. The molecule has 0 unspecified atom stereocenters. The highest BCUT2D eigenvalue weighted by Gasteiger charge is 2.38. The number of pyridine rings is 2. The molecule has 0 saturated carbocycles. The molecule has 7 rings (SSSR count). The van der Waals surface area contributed by atoms with Gasteiger partial charge in [-0.15, -0.1) is 0 Å². The first-order valence-corrected chi connectivity index (χ1v) is 21.5. The number of nitrogens with two attached hydrogens (primary N) is 1. The van der Waals surface area contributed by atoms with Crippen LogP contribution in [0, 0.1) is 25.5 Å². The number of alkyl halides is 3. The molecule has 20 nitrogen and oxygen atoms in total. The van der Waals surface area contributed by atoms with Crippen molar-refractivity contribution in [2.24, 2.45) is 33.9 Å². The van der Waals surface area contributed by atoms with Crippen LogP contribution in [0.15, 0.2) is 80.4 Å². The van der Waals surface area contributed by atoms with Crippen LogP contribution in [0.4, 0.5) is 27.6 Å². The van der Waals surface area contributed by atoms with Crippen LogP contribution in [-0.2, 0) is 55.4 Å². The van der Waals surface area contributed by atoms with Gasteiger partial charge in [-0.05, 0) is 56.7 Å². The zero-order valence-electron chi connectivity index (χ0n) is 39.4. The molecule has 0 aliphatic carbocycles. The summed E-state index contributed by atoms with van der Waals surface area (Å²) in [5, 5.41) is 13.8. The van der Waals surface area contributed by atoms with Gasteiger partial charge in [0.2, 0.25) is 0 Å². The number of carbonyl (C=O) groups excluding carboxylic acids is 2. The molecule has 0 spiro atoms. The standard InChI is InChI=1S/C28H27F5N6O5.C18H21N5O4/c1-5-20(28(31,32)33)35-14-10-17(29)22(18(30)11-14)24(40)36-19(26(42)43)12-15-6-7-16(23-34-8-9-39(15)23)21-13(2)37(3)27(44)38(4)25(21)41;1-10-14(16(24)22(3)18(26)21(10)2)12-6-5-11(9-13(19)17(25)27-4)23-8-7-20-15(12)23/h6-11,19-20,35H,5,12H2,1-4H3,(H,36,40)(H,42,43);5-8,13H,9,19H2,1-4H3/t19-,20+;13-/m00/s1. The molecule has 3 atom stereocenters. The molecule has 0 fully saturated rings. The van der Waals surface area contributed by atoms with Crippen LogP contribution in [0.1, 0.15) is 46.5 Å². The molecule has 5 N–H and O–H groups in total. The second-order valence-corrected chi connectivity index (χ2v) is 16.4. The highest BCUT2D eigenvalue weighted by atomic mass is 19.4. The van der Waals surface area contributed by atoms with E-state index >= 15 is 0 Å². The number of aliphatic carboxylic acids is 1. The van der Waals surface area contributed by atoms with E-state index in [0.717, 1.165) is 14.8 Å². The van der Waals surface area contributed by atoms with Gasteiger partial charge >= 0.3 is 29.5 Å². The zero-order valence-corrected chi connectivity index (χ0v) is 39.4. The van der Waals surface area contributed by atoms with Crippen LogP contribution < -0.4 is 38.9 Å². The van der Waals surface area contributed by atoms with Crippen molar-refractivity contribution in [3.63, 3.8) is 0 Å². The Kier molecular flexibility index (Phi) is 15.0. The van der Waals surface area contributed by atoms with Crippen LogP contribution in [0.3, 0.4) is 0 Å². The van der Waals surface area contributed by atoms with Crippen LogP contribution in [-0.4, -0.2) is 91.4 Å². The van der Waals surface area contributed by atoms with Gasteiger partial charge in [-0.25, -0.2) is 33.1 Å². The predicted octanol–water partition coefficient (Wildman–Crippen LogP) is 2.91. The first-order valence-electron chi connectivity index (χ1n) is 21.5. The largest absolute Gasteiger partial charge is 0.480 e. The minimum absolute atomic E-state index is 0.185. The van der Waals surface area contributed by atoms with Crippen molar-refractivity contribution in [2.45, 2.75) is 64.3 Å². The molecule has 1 amide bonds. The number of methoxy groups -OCH3 is 1. The minimum Gasteiger partial charge on any atom is -0.480 e. The van der Waals surface area contributed by atoms with Gasteiger partial charge in [-0.1, -0.05) is 6.92 Å². The van der Waals surface area contributed by atoms with Crippen LogP contribution >= 0.6 is 0 Å². The second kappa shape index (κ2) is 20.4. The smallest absolute Gasteiger partial charge is 0.408 e. The molecule has 71 heavy (non-hydrogen) atoms. The van der Waals surface area contributed by atoms with Crippen molar-refractivity contribution in [2.75, 3.05) is 12.4 Å². The predicted molar refractivity (Wildman–Crippen MR) is 248 cm³/mol. The summed E-state index contributed by atoms with van der Waals surface area (Å²) in [4.78, 5) is 95.3. The lowest BCUT2D eigenvalue weighted by Gasteiger charge is -2.22. The third-order valence-electron chi connectivity index (χ3n) is 12.1. The summed E-state index contributed by atoms with van der Waals surface area (Å²) in [6.07, 6.45) is 0.941. The van der Waals surface area contributed by atoms with Crippen molar-refractivity contribution in [3.05, 3.63) is 143 Å². The maximum Gasteiger partial charge on any atom is 0.408 e. The maximum absolute atomic E-state index is 14.8. The molecule has 0 aliphatic rings. The van der Waals surface area contributed by atoms with Gasteiger partial charge in [0.1, 0.15) is 46.6 Å². The summed E-state index contributed by atoms with van der Waals surface area (Å²) < 4.78 is 81.4. The molecule has 1 aromatic carbocycles. The molecule has 0 aliphatic heterocycles. The summed E-state index contributed by atoms with van der Waals surface area (Å²) in [6.45, 7) is 4.53. The summed E-state index contributed by atoms with van der Waals surface area (Å²) in [5.74, 6) is -6.49. The van der Waals surface area contributed by atoms with Crippen molar-refractivity contribution in [1.82, 2.24) is 42.4 Å². The van der Waals surface area contributed by atoms with Crippen LogP contribution in [0.25, 0.3) is 33.5 Å². The van der Waals surface area contributed by atoms with E-state index in [-0.39, 0.29) is 34.6 Å². The Morgan fingerprint density at radius 3 is 1.62 bits per heavy atom. The normalized spacial score (nSPS) is 12.8. The lowest BCUT2D eigenvalue weighted by Crippen LogP contribution is -2.43. The summed E-state index contributed by atoms with van der Waals surface area (Å²) in [6, 6.07) is 2.95.